The molecule has 0 saturated heterocycles. The third-order valence-electron chi connectivity index (χ3n) is 5.36. The largest absolute Gasteiger partial charge is 0.467 e. The lowest BCUT2D eigenvalue weighted by Gasteiger charge is -2.13. The first-order valence-electron chi connectivity index (χ1n) is 10.1. The van der Waals surface area contributed by atoms with Crippen LogP contribution in [0.25, 0.3) is 0 Å². The molecule has 0 saturated carbocycles. The van der Waals surface area contributed by atoms with Crippen LogP contribution in [-0.4, -0.2) is 28.0 Å². The van der Waals surface area contributed by atoms with Crippen LogP contribution in [0.15, 0.2) is 50.8 Å². The van der Waals surface area contributed by atoms with Crippen molar-refractivity contribution in [2.24, 2.45) is 0 Å². The Labute approximate surface area is 182 Å². The number of nitrogens with zero attached hydrogens (tertiary/aromatic N) is 2. The fourth-order valence-corrected chi connectivity index (χ4v) is 4.77. The minimum absolute atomic E-state index is 0.115. The second-order valence-corrected chi connectivity index (χ2v) is 8.36. The minimum atomic E-state index is -0.305. The summed E-state index contributed by atoms with van der Waals surface area (Å²) in [6, 6.07) is 9.25. The molecule has 2 aliphatic rings. The number of carbonyl (C=O) groups is 1. The third-order valence-corrected chi connectivity index (χ3v) is 6.38. The maximum Gasteiger partial charge on any atom is 0.349 e. The van der Waals surface area contributed by atoms with E-state index in [-0.39, 0.29) is 24.1 Å². The second-order valence-electron chi connectivity index (χ2n) is 7.40. The Kier molecular flexibility index (Phi) is 5.42. The van der Waals surface area contributed by atoms with E-state index in [4.69, 9.17) is 13.9 Å². The summed E-state index contributed by atoms with van der Waals surface area (Å²) in [5.74, 6) is 2.21. The molecule has 9 heteroatoms. The van der Waals surface area contributed by atoms with E-state index in [1.54, 1.807) is 16.9 Å². The van der Waals surface area contributed by atoms with Crippen molar-refractivity contribution in [3.05, 3.63) is 69.7 Å². The number of hydrogen-bond acceptors (Lipinski definition) is 7. The lowest BCUT2D eigenvalue weighted by atomic mass is 10.2. The number of fused-ring (bicyclic) bond motifs is 2. The van der Waals surface area contributed by atoms with Gasteiger partial charge in [-0.1, -0.05) is 17.8 Å². The second kappa shape index (κ2) is 8.50. The first-order chi connectivity index (χ1) is 15.2. The molecule has 1 amide bonds. The first kappa shape index (κ1) is 19.7. The highest BCUT2D eigenvalue weighted by Crippen LogP contribution is 2.32. The van der Waals surface area contributed by atoms with E-state index in [0.717, 1.165) is 41.8 Å². The molecule has 0 bridgehead atoms. The van der Waals surface area contributed by atoms with Gasteiger partial charge in [-0.15, -0.1) is 0 Å². The maximum atomic E-state index is 12.6. The molecule has 0 fully saturated rings. The van der Waals surface area contributed by atoms with Crippen LogP contribution in [0, 0.1) is 0 Å². The predicted octanol–water partition coefficient (Wildman–Crippen LogP) is 2.51. The molecule has 0 spiro atoms. The summed E-state index contributed by atoms with van der Waals surface area (Å²) < 4.78 is 17.7. The van der Waals surface area contributed by atoms with E-state index in [2.05, 4.69) is 10.3 Å². The van der Waals surface area contributed by atoms with Crippen LogP contribution in [0.3, 0.4) is 0 Å². The maximum absolute atomic E-state index is 12.6. The molecule has 0 atom stereocenters. The van der Waals surface area contributed by atoms with Crippen LogP contribution in [-0.2, 0) is 30.7 Å². The predicted molar refractivity (Wildman–Crippen MR) is 113 cm³/mol. The Morgan fingerprint density at radius 3 is 2.97 bits per heavy atom. The Bertz CT molecular complexity index is 1170. The van der Waals surface area contributed by atoms with Crippen LogP contribution < -0.4 is 20.5 Å². The highest BCUT2D eigenvalue weighted by atomic mass is 32.2. The lowest BCUT2D eigenvalue weighted by molar-refractivity contribution is -0.118. The summed E-state index contributed by atoms with van der Waals surface area (Å²) in [6.45, 7) is 0.994. The molecule has 3 aromatic rings. The van der Waals surface area contributed by atoms with Gasteiger partial charge < -0.3 is 19.2 Å². The van der Waals surface area contributed by atoms with Gasteiger partial charge in [0.2, 0.25) is 12.7 Å². The molecule has 0 radical (unpaired) electrons. The standard InChI is InChI=1S/C22H21N3O5S/c26-20(23-10-14-6-7-18-19(9-14)30-13-29-18)12-31-21-16-4-1-5-17(16)25(22(27)24-21)11-15-3-2-8-28-15/h2-3,6-9H,1,4-5,10-13H2,(H,23,26). The number of benzene rings is 1. The quantitative estimate of drug-likeness (QED) is 0.446. The summed E-state index contributed by atoms with van der Waals surface area (Å²) >= 11 is 1.32. The third kappa shape index (κ3) is 4.18. The van der Waals surface area contributed by atoms with E-state index in [9.17, 15) is 9.59 Å². The molecule has 1 aliphatic carbocycles. The van der Waals surface area contributed by atoms with Gasteiger partial charge in [-0.25, -0.2) is 4.79 Å². The Morgan fingerprint density at radius 1 is 1.19 bits per heavy atom. The molecule has 1 N–H and O–H groups in total. The van der Waals surface area contributed by atoms with Gasteiger partial charge in [0.05, 0.1) is 18.6 Å². The molecule has 1 aliphatic heterocycles. The fourth-order valence-electron chi connectivity index (χ4n) is 3.86. The molecule has 3 heterocycles. The molecule has 8 nitrogen and oxygen atoms in total. The molecular weight excluding hydrogens is 418 g/mol. The number of hydrogen-bond donors (Lipinski definition) is 1. The van der Waals surface area contributed by atoms with Gasteiger partial charge in [0.1, 0.15) is 10.8 Å². The lowest BCUT2D eigenvalue weighted by Crippen LogP contribution is -2.28. The van der Waals surface area contributed by atoms with Crippen LogP contribution in [0.4, 0.5) is 0 Å². The number of aromatic nitrogens is 2. The van der Waals surface area contributed by atoms with Gasteiger partial charge in [-0.05, 0) is 49.1 Å². The molecule has 1 aromatic carbocycles. The fraction of sp³-hybridized carbons (Fsp3) is 0.318. The molecule has 0 unspecified atom stereocenters. The molecular formula is C22H21N3O5S. The molecule has 31 heavy (non-hydrogen) atoms. The smallest absolute Gasteiger partial charge is 0.349 e. The topological polar surface area (TPSA) is 95.6 Å². The Hall–Kier alpha value is -3.20. The number of thioether (sulfide) groups is 1. The van der Waals surface area contributed by atoms with Gasteiger partial charge in [0.15, 0.2) is 11.5 Å². The number of ether oxygens (including phenoxy) is 2. The molecule has 2 aromatic heterocycles. The summed E-state index contributed by atoms with van der Waals surface area (Å²) in [5.41, 5.74) is 2.70. The highest BCUT2D eigenvalue weighted by Gasteiger charge is 2.23. The van der Waals surface area contributed by atoms with Crippen molar-refractivity contribution in [1.82, 2.24) is 14.9 Å². The number of rotatable bonds is 7. The van der Waals surface area contributed by atoms with Crippen molar-refractivity contribution in [1.29, 1.82) is 0 Å². The Morgan fingerprint density at radius 2 is 2.10 bits per heavy atom. The monoisotopic (exact) mass is 439 g/mol. The van der Waals surface area contributed by atoms with Crippen molar-refractivity contribution >= 4 is 17.7 Å². The summed E-state index contributed by atoms with van der Waals surface area (Å²) in [7, 11) is 0. The number of furan rings is 1. The summed E-state index contributed by atoms with van der Waals surface area (Å²) in [4.78, 5) is 29.3. The van der Waals surface area contributed by atoms with Gasteiger partial charge in [0.25, 0.3) is 0 Å². The van der Waals surface area contributed by atoms with Crippen LogP contribution in [0.5, 0.6) is 11.5 Å². The zero-order valence-electron chi connectivity index (χ0n) is 16.8. The van der Waals surface area contributed by atoms with Crippen LogP contribution in [0.1, 0.15) is 29.0 Å². The minimum Gasteiger partial charge on any atom is -0.467 e. The zero-order chi connectivity index (χ0) is 21.2. The molecule has 160 valence electrons. The zero-order valence-corrected chi connectivity index (χ0v) is 17.6. The van der Waals surface area contributed by atoms with E-state index >= 15 is 0 Å². The van der Waals surface area contributed by atoms with E-state index in [1.807, 2.05) is 24.3 Å². The molecule has 5 rings (SSSR count). The average Bonchev–Trinajstić information content (AvgIpc) is 3.53. The van der Waals surface area contributed by atoms with Crippen molar-refractivity contribution < 1.29 is 18.7 Å². The van der Waals surface area contributed by atoms with Gasteiger partial charge >= 0.3 is 5.69 Å². The summed E-state index contributed by atoms with van der Waals surface area (Å²) in [5, 5.41) is 3.56. The van der Waals surface area contributed by atoms with Crippen molar-refractivity contribution in [2.45, 2.75) is 37.4 Å². The number of nitrogens with one attached hydrogen (secondary N) is 1. The van der Waals surface area contributed by atoms with Gasteiger partial charge in [-0.2, -0.15) is 4.98 Å². The number of amides is 1. The average molecular weight is 439 g/mol. The summed E-state index contributed by atoms with van der Waals surface area (Å²) in [6.07, 6.45) is 4.27. The SMILES string of the molecule is O=C(CSc1nc(=O)n(Cc2ccco2)c2c1CCC2)NCc1ccc2c(c1)OCO2. The van der Waals surface area contributed by atoms with Crippen molar-refractivity contribution in [3.8, 4) is 11.5 Å². The Balaban J connectivity index is 1.23. The van der Waals surface area contributed by atoms with Gasteiger partial charge in [-0.3, -0.25) is 9.36 Å². The van der Waals surface area contributed by atoms with E-state index in [1.165, 1.54) is 11.8 Å². The normalized spacial score (nSPS) is 13.9. The van der Waals surface area contributed by atoms with E-state index < -0.39 is 0 Å². The van der Waals surface area contributed by atoms with Crippen molar-refractivity contribution in [3.63, 3.8) is 0 Å². The van der Waals surface area contributed by atoms with Gasteiger partial charge in [0, 0.05) is 17.8 Å². The first-order valence-corrected chi connectivity index (χ1v) is 11.1. The van der Waals surface area contributed by atoms with Crippen LogP contribution >= 0.6 is 11.8 Å². The number of carbonyl (C=O) groups excluding carboxylic acids is 1. The highest BCUT2D eigenvalue weighted by molar-refractivity contribution is 7.99. The van der Waals surface area contributed by atoms with Crippen molar-refractivity contribution in [2.75, 3.05) is 12.5 Å². The van der Waals surface area contributed by atoms with E-state index in [0.29, 0.717) is 29.6 Å². The van der Waals surface area contributed by atoms with Crippen LogP contribution in [0.2, 0.25) is 0 Å².